The van der Waals surface area contributed by atoms with Gasteiger partial charge in [0, 0.05) is 29.7 Å². The van der Waals surface area contributed by atoms with Crippen molar-refractivity contribution in [3.05, 3.63) is 71.1 Å². The van der Waals surface area contributed by atoms with Crippen molar-refractivity contribution in [2.45, 2.75) is 40.0 Å². The number of alkyl halides is 3. The number of phenolic OH excluding ortho intramolecular Hbond substituents is 1. The van der Waals surface area contributed by atoms with Gasteiger partial charge in [-0.05, 0) is 55.3 Å². The quantitative estimate of drug-likeness (QED) is 0.355. The highest BCUT2D eigenvalue weighted by molar-refractivity contribution is 7.92. The summed E-state index contributed by atoms with van der Waals surface area (Å²) < 4.78 is 89.7. The molecule has 0 spiro atoms. The molecule has 2 heterocycles. The third-order valence-electron chi connectivity index (χ3n) is 6.08. The minimum atomic E-state index is -5.48. The highest BCUT2D eigenvalue weighted by Gasteiger charge is 2.47. The maximum atomic E-state index is 13.1. The number of piperidine rings is 1. The van der Waals surface area contributed by atoms with E-state index in [1.54, 1.807) is 18.2 Å². The van der Waals surface area contributed by atoms with Gasteiger partial charge in [-0.2, -0.15) is 17.5 Å². The number of nitrogens with zero attached hydrogens (tertiary/aromatic N) is 1. The van der Waals surface area contributed by atoms with Gasteiger partial charge in [0.05, 0.1) is 17.0 Å². The standard InChI is InChI=1S/C24H24F3N3O6S3/c25-24(26,27)38(33,34)19-5-3-4-17(14-19)29-16-10-12-30(13-11-16)39(35,36)22-9-8-18(37-22)15-28-23(32)20-6-1-2-7-21(20)31/h1-9,14,16,29,31H,10-13,15H2,(H,28,32). The van der Waals surface area contributed by atoms with E-state index in [9.17, 15) is 39.9 Å². The summed E-state index contributed by atoms with van der Waals surface area (Å²) in [4.78, 5) is 12.0. The molecule has 9 nitrogen and oxygen atoms in total. The number of amides is 1. The fourth-order valence-corrected chi connectivity index (χ4v) is 7.74. The summed E-state index contributed by atoms with van der Waals surface area (Å²) in [5, 5.41) is 15.4. The number of hydrogen-bond donors (Lipinski definition) is 3. The highest BCUT2D eigenvalue weighted by atomic mass is 32.2. The van der Waals surface area contributed by atoms with Crippen LogP contribution < -0.4 is 10.6 Å². The number of sulfonamides is 1. The first-order chi connectivity index (χ1) is 18.3. The van der Waals surface area contributed by atoms with E-state index in [1.807, 2.05) is 0 Å². The summed E-state index contributed by atoms with van der Waals surface area (Å²) >= 11 is 1.01. The Morgan fingerprint density at radius 3 is 2.36 bits per heavy atom. The van der Waals surface area contributed by atoms with Crippen LogP contribution in [0.1, 0.15) is 28.1 Å². The van der Waals surface area contributed by atoms with Crippen molar-refractivity contribution in [1.82, 2.24) is 9.62 Å². The number of para-hydroxylation sites is 1. The van der Waals surface area contributed by atoms with E-state index in [0.717, 1.165) is 23.5 Å². The van der Waals surface area contributed by atoms with Gasteiger partial charge in [0.2, 0.25) is 0 Å². The molecule has 1 amide bonds. The normalized spacial score (nSPS) is 15.7. The summed E-state index contributed by atoms with van der Waals surface area (Å²) in [6.07, 6.45) is 0.703. The number of carbonyl (C=O) groups excluding carboxylic acids is 1. The largest absolute Gasteiger partial charge is 0.507 e. The second-order valence-electron chi connectivity index (χ2n) is 8.72. The molecule has 4 rings (SSSR count). The Kier molecular flexibility index (Phi) is 8.25. The van der Waals surface area contributed by atoms with E-state index < -0.39 is 36.2 Å². The molecule has 2 aromatic carbocycles. The zero-order chi connectivity index (χ0) is 28.4. The van der Waals surface area contributed by atoms with Crippen LogP contribution in [0.2, 0.25) is 0 Å². The maximum absolute atomic E-state index is 13.1. The predicted octanol–water partition coefficient (Wildman–Crippen LogP) is 3.94. The van der Waals surface area contributed by atoms with Gasteiger partial charge in [0.15, 0.2) is 0 Å². The fourth-order valence-electron chi connectivity index (χ4n) is 4.01. The number of hydrogen-bond acceptors (Lipinski definition) is 8. The van der Waals surface area contributed by atoms with Crippen molar-refractivity contribution in [2.24, 2.45) is 0 Å². The molecule has 1 aliphatic rings. The minimum Gasteiger partial charge on any atom is -0.507 e. The van der Waals surface area contributed by atoms with Crippen LogP contribution in [0.5, 0.6) is 5.75 Å². The molecule has 3 N–H and O–H groups in total. The number of rotatable bonds is 8. The Hall–Kier alpha value is -3.14. The average molecular weight is 604 g/mol. The number of sulfone groups is 1. The van der Waals surface area contributed by atoms with E-state index in [2.05, 4.69) is 10.6 Å². The molecule has 39 heavy (non-hydrogen) atoms. The molecule has 1 saturated heterocycles. The molecule has 0 radical (unpaired) electrons. The smallest absolute Gasteiger partial charge is 0.501 e. The van der Waals surface area contributed by atoms with Crippen LogP contribution in [0.15, 0.2) is 69.8 Å². The Morgan fingerprint density at radius 1 is 1.00 bits per heavy atom. The van der Waals surface area contributed by atoms with Crippen LogP contribution in [0.4, 0.5) is 18.9 Å². The first kappa shape index (κ1) is 28.9. The number of benzene rings is 2. The molecule has 0 bridgehead atoms. The summed E-state index contributed by atoms with van der Waals surface area (Å²) in [5.74, 6) is -0.664. The number of nitrogens with one attached hydrogen (secondary N) is 2. The average Bonchev–Trinajstić information content (AvgIpc) is 3.37. The van der Waals surface area contributed by atoms with Crippen molar-refractivity contribution in [2.75, 3.05) is 18.4 Å². The zero-order valence-electron chi connectivity index (χ0n) is 20.2. The van der Waals surface area contributed by atoms with E-state index in [4.69, 9.17) is 0 Å². The summed E-state index contributed by atoms with van der Waals surface area (Å²) in [5.41, 5.74) is -5.12. The van der Waals surface area contributed by atoms with Crippen LogP contribution in [0, 0.1) is 0 Å². The lowest BCUT2D eigenvalue weighted by Crippen LogP contribution is -2.42. The van der Waals surface area contributed by atoms with E-state index in [0.29, 0.717) is 17.7 Å². The SMILES string of the molecule is O=C(NCc1ccc(S(=O)(=O)N2CCC(Nc3cccc(S(=O)(=O)C(F)(F)F)c3)CC2)s1)c1ccccc1O. The molecule has 0 atom stereocenters. The third kappa shape index (κ3) is 6.37. The van der Waals surface area contributed by atoms with Gasteiger partial charge in [-0.25, -0.2) is 16.8 Å². The number of carbonyl (C=O) groups is 1. The van der Waals surface area contributed by atoms with Crippen molar-refractivity contribution in [1.29, 1.82) is 0 Å². The van der Waals surface area contributed by atoms with Crippen molar-refractivity contribution < 1.29 is 39.9 Å². The molecule has 15 heteroatoms. The minimum absolute atomic E-state index is 0.0719. The van der Waals surface area contributed by atoms with Crippen molar-refractivity contribution >= 4 is 42.8 Å². The Morgan fingerprint density at radius 2 is 1.69 bits per heavy atom. The van der Waals surface area contributed by atoms with Gasteiger partial charge in [0.25, 0.3) is 25.8 Å². The monoisotopic (exact) mass is 603 g/mol. The number of halogens is 3. The zero-order valence-corrected chi connectivity index (χ0v) is 22.6. The lowest BCUT2D eigenvalue weighted by Gasteiger charge is -2.31. The molecule has 0 saturated carbocycles. The lowest BCUT2D eigenvalue weighted by atomic mass is 10.1. The van der Waals surface area contributed by atoms with E-state index in [1.165, 1.54) is 34.6 Å². The number of phenols is 1. The maximum Gasteiger partial charge on any atom is 0.501 e. The molecule has 0 unspecified atom stereocenters. The second kappa shape index (κ2) is 11.2. The Bertz CT molecular complexity index is 1560. The topological polar surface area (TPSA) is 133 Å². The van der Waals surface area contributed by atoms with Crippen molar-refractivity contribution in [3.8, 4) is 5.75 Å². The van der Waals surface area contributed by atoms with Crippen LogP contribution in [0.25, 0.3) is 0 Å². The molecular formula is C24H24F3N3O6S3. The van der Waals surface area contributed by atoms with Gasteiger partial charge >= 0.3 is 5.51 Å². The van der Waals surface area contributed by atoms with Gasteiger partial charge in [-0.3, -0.25) is 4.79 Å². The van der Waals surface area contributed by atoms with Crippen LogP contribution >= 0.6 is 11.3 Å². The van der Waals surface area contributed by atoms with Crippen LogP contribution in [-0.4, -0.2) is 56.8 Å². The first-order valence-corrected chi connectivity index (χ1v) is 15.4. The second-order valence-corrected chi connectivity index (χ2v) is 14.0. The first-order valence-electron chi connectivity index (χ1n) is 11.6. The van der Waals surface area contributed by atoms with E-state index >= 15 is 0 Å². The van der Waals surface area contributed by atoms with Crippen LogP contribution in [-0.2, 0) is 26.4 Å². The summed E-state index contributed by atoms with van der Waals surface area (Å²) in [6.45, 7) is 0.373. The Balaban J connectivity index is 1.34. The van der Waals surface area contributed by atoms with Gasteiger partial charge < -0.3 is 15.7 Å². The van der Waals surface area contributed by atoms with Gasteiger partial charge in [-0.15, -0.1) is 11.3 Å². The summed E-state index contributed by atoms with van der Waals surface area (Å²) in [7, 11) is -9.29. The highest BCUT2D eigenvalue weighted by Crippen LogP contribution is 2.32. The third-order valence-corrected chi connectivity index (χ3v) is 11.0. The Labute approximate surface area is 227 Å². The summed E-state index contributed by atoms with van der Waals surface area (Å²) in [6, 6.07) is 13.3. The molecular weight excluding hydrogens is 579 g/mol. The van der Waals surface area contributed by atoms with Crippen molar-refractivity contribution in [3.63, 3.8) is 0 Å². The molecule has 1 fully saturated rings. The molecule has 0 aliphatic carbocycles. The molecule has 210 valence electrons. The van der Waals surface area contributed by atoms with Gasteiger partial charge in [-0.1, -0.05) is 18.2 Å². The predicted molar refractivity (Wildman–Crippen MR) is 139 cm³/mol. The number of aromatic hydroxyl groups is 1. The molecule has 1 aliphatic heterocycles. The number of thiophene rings is 1. The molecule has 3 aromatic rings. The number of anilines is 1. The lowest BCUT2D eigenvalue weighted by molar-refractivity contribution is -0.0436. The fraction of sp³-hybridized carbons (Fsp3) is 0.292. The van der Waals surface area contributed by atoms with E-state index in [-0.39, 0.29) is 46.9 Å². The van der Waals surface area contributed by atoms with Gasteiger partial charge in [0.1, 0.15) is 9.96 Å². The van der Waals surface area contributed by atoms with Crippen LogP contribution in [0.3, 0.4) is 0 Å². The molecule has 1 aromatic heterocycles.